The number of hydrogen-bond acceptors (Lipinski definition) is 3. The van der Waals surface area contributed by atoms with Crippen molar-refractivity contribution in [2.75, 3.05) is 33.3 Å². The molecular formula is C27H35IN4O2. The Morgan fingerprint density at radius 1 is 1.12 bits per heavy atom. The van der Waals surface area contributed by atoms with Gasteiger partial charge in [0, 0.05) is 45.4 Å². The quantitative estimate of drug-likeness (QED) is 0.304. The zero-order valence-electron chi connectivity index (χ0n) is 19.8. The number of guanidine groups is 1. The highest BCUT2D eigenvalue weighted by Crippen LogP contribution is 2.19. The van der Waals surface area contributed by atoms with Gasteiger partial charge in [-0.1, -0.05) is 54.1 Å². The summed E-state index contributed by atoms with van der Waals surface area (Å²) in [6.45, 7) is 3.89. The summed E-state index contributed by atoms with van der Waals surface area (Å²) in [5, 5.41) is 6.46. The number of carbonyl (C=O) groups is 1. The van der Waals surface area contributed by atoms with E-state index in [0.717, 1.165) is 56.9 Å². The van der Waals surface area contributed by atoms with Gasteiger partial charge in [0.2, 0.25) is 0 Å². The maximum atomic E-state index is 12.5. The number of likely N-dealkylation sites (tertiary alicyclic amines) is 1. The number of hydrogen-bond donors (Lipinski definition) is 2. The van der Waals surface area contributed by atoms with Gasteiger partial charge >= 0.3 is 0 Å². The molecule has 4 rings (SSSR count). The molecule has 1 atom stereocenters. The van der Waals surface area contributed by atoms with E-state index < -0.39 is 0 Å². The molecule has 34 heavy (non-hydrogen) atoms. The highest BCUT2D eigenvalue weighted by atomic mass is 127. The van der Waals surface area contributed by atoms with Crippen molar-refractivity contribution in [2.24, 2.45) is 4.99 Å². The number of benzene rings is 2. The van der Waals surface area contributed by atoms with Crippen LogP contribution in [0.4, 0.5) is 0 Å². The van der Waals surface area contributed by atoms with Crippen LogP contribution in [0.1, 0.15) is 47.2 Å². The Hall–Kier alpha value is -2.39. The number of halogens is 1. The smallest absolute Gasteiger partial charge is 0.251 e. The lowest BCUT2D eigenvalue weighted by Crippen LogP contribution is -2.44. The van der Waals surface area contributed by atoms with Crippen molar-refractivity contribution in [2.45, 2.75) is 38.3 Å². The van der Waals surface area contributed by atoms with Gasteiger partial charge in [0.1, 0.15) is 0 Å². The molecule has 0 radical (unpaired) electrons. The van der Waals surface area contributed by atoms with Gasteiger partial charge in [-0.3, -0.25) is 9.79 Å². The molecule has 0 bridgehead atoms. The second kappa shape index (κ2) is 13.5. The fourth-order valence-corrected chi connectivity index (χ4v) is 4.38. The lowest BCUT2D eigenvalue weighted by molar-refractivity contribution is 0.0857. The van der Waals surface area contributed by atoms with E-state index in [9.17, 15) is 4.79 Å². The number of rotatable bonds is 6. The minimum Gasteiger partial charge on any atom is -0.376 e. The number of aliphatic imine (C=N–C) groups is 1. The summed E-state index contributed by atoms with van der Waals surface area (Å²) in [4.78, 5) is 19.3. The zero-order valence-corrected chi connectivity index (χ0v) is 22.2. The van der Waals surface area contributed by atoms with Gasteiger partial charge in [0.25, 0.3) is 5.91 Å². The first kappa shape index (κ1) is 26.2. The van der Waals surface area contributed by atoms with Crippen molar-refractivity contribution >= 4 is 41.9 Å². The summed E-state index contributed by atoms with van der Waals surface area (Å²) in [5.74, 6) is 0.854. The molecule has 0 aliphatic carbocycles. The van der Waals surface area contributed by atoms with E-state index in [-0.39, 0.29) is 36.0 Å². The van der Waals surface area contributed by atoms with E-state index in [4.69, 9.17) is 4.74 Å². The Bertz CT molecular complexity index is 977. The highest BCUT2D eigenvalue weighted by Gasteiger charge is 2.18. The number of nitrogens with zero attached hydrogens (tertiary/aromatic N) is 2. The Balaban J connectivity index is 0.00000324. The fourth-order valence-electron chi connectivity index (χ4n) is 4.38. The predicted octanol–water partition coefficient (Wildman–Crippen LogP) is 4.47. The summed E-state index contributed by atoms with van der Waals surface area (Å²) < 4.78 is 5.59. The van der Waals surface area contributed by atoms with Gasteiger partial charge in [0.05, 0.1) is 6.10 Å². The van der Waals surface area contributed by atoms with E-state index in [1.807, 2.05) is 37.4 Å². The van der Waals surface area contributed by atoms with Gasteiger partial charge in [-0.2, -0.15) is 0 Å². The summed E-state index contributed by atoms with van der Waals surface area (Å²) in [6.07, 6.45) is 6.62. The Morgan fingerprint density at radius 3 is 2.62 bits per heavy atom. The average Bonchev–Trinajstić information content (AvgIpc) is 3.38. The van der Waals surface area contributed by atoms with E-state index in [1.54, 1.807) is 0 Å². The van der Waals surface area contributed by atoms with Gasteiger partial charge in [0.15, 0.2) is 5.96 Å². The molecule has 182 valence electrons. The lowest BCUT2D eigenvalue weighted by Gasteiger charge is -2.31. The first-order chi connectivity index (χ1) is 16.2. The number of piperidine rings is 1. The topological polar surface area (TPSA) is 66.0 Å². The monoisotopic (exact) mass is 574 g/mol. The molecule has 7 heteroatoms. The summed E-state index contributed by atoms with van der Waals surface area (Å²) in [5.41, 5.74) is 4.48. The molecule has 2 aromatic rings. The van der Waals surface area contributed by atoms with E-state index in [0.29, 0.717) is 18.7 Å². The molecule has 1 unspecified atom stereocenters. The second-order valence-corrected chi connectivity index (χ2v) is 8.65. The molecule has 1 amide bonds. The van der Waals surface area contributed by atoms with E-state index >= 15 is 0 Å². The van der Waals surface area contributed by atoms with Crippen molar-refractivity contribution in [3.8, 4) is 0 Å². The molecule has 2 aromatic carbocycles. The first-order valence-corrected chi connectivity index (χ1v) is 11.9. The van der Waals surface area contributed by atoms with Crippen LogP contribution in [0.2, 0.25) is 0 Å². The van der Waals surface area contributed by atoms with Crippen molar-refractivity contribution in [1.29, 1.82) is 0 Å². The van der Waals surface area contributed by atoms with Crippen LogP contribution in [0.5, 0.6) is 0 Å². The van der Waals surface area contributed by atoms with E-state index in [2.05, 4.69) is 50.9 Å². The fraction of sp³-hybridized carbons (Fsp3) is 0.407. The molecule has 0 saturated carbocycles. The number of carbonyl (C=O) groups excluding carboxylic acids is 1. The van der Waals surface area contributed by atoms with Gasteiger partial charge in [-0.05, 0) is 48.9 Å². The Labute approximate surface area is 219 Å². The van der Waals surface area contributed by atoms with Crippen LogP contribution in [0.3, 0.4) is 0 Å². The van der Waals surface area contributed by atoms with Crippen molar-refractivity contribution in [1.82, 2.24) is 15.5 Å². The van der Waals surface area contributed by atoms with E-state index in [1.165, 1.54) is 11.1 Å². The molecule has 6 nitrogen and oxygen atoms in total. The van der Waals surface area contributed by atoms with Crippen LogP contribution in [0.15, 0.2) is 65.2 Å². The molecule has 2 aliphatic heterocycles. The van der Waals surface area contributed by atoms with Crippen molar-refractivity contribution < 1.29 is 9.53 Å². The molecule has 0 aromatic heterocycles. The van der Waals surface area contributed by atoms with Gasteiger partial charge in [-0.25, -0.2) is 0 Å². The highest BCUT2D eigenvalue weighted by molar-refractivity contribution is 14.0. The van der Waals surface area contributed by atoms with Crippen LogP contribution in [0, 0.1) is 0 Å². The summed E-state index contributed by atoms with van der Waals surface area (Å²) >= 11 is 0. The minimum absolute atomic E-state index is 0. The largest absolute Gasteiger partial charge is 0.376 e. The number of amides is 1. The molecule has 2 fully saturated rings. The normalized spacial score (nSPS) is 18.3. The summed E-state index contributed by atoms with van der Waals surface area (Å²) in [7, 11) is 1.83. The second-order valence-electron chi connectivity index (χ2n) is 8.65. The first-order valence-electron chi connectivity index (χ1n) is 11.9. The summed E-state index contributed by atoms with van der Waals surface area (Å²) in [6, 6.07) is 18.3. The molecule has 0 spiro atoms. The maximum Gasteiger partial charge on any atom is 0.251 e. The van der Waals surface area contributed by atoms with Crippen LogP contribution in [0.25, 0.3) is 6.08 Å². The lowest BCUT2D eigenvalue weighted by atomic mass is 10.0. The molecule has 2 aliphatic rings. The third-order valence-corrected chi connectivity index (χ3v) is 6.24. The SMILES string of the molecule is CN=C(NCc1cccc(C(=O)NCC2CCCO2)c1)N1CCC(=Cc2ccccc2)CC1.I. The Kier molecular flexibility index (Phi) is 10.4. The standard InChI is InChI=1S/C27H34N4O2.HI/c1-28-27(31-14-12-22(13-15-31)17-21-7-3-2-4-8-21)30-19-23-9-5-10-24(18-23)26(32)29-20-25-11-6-16-33-25;/h2-5,7-10,17-18,25H,6,11-16,19-20H2,1H3,(H,28,30)(H,29,32);1H. The van der Waals surface area contributed by atoms with Crippen LogP contribution in [-0.4, -0.2) is 56.2 Å². The minimum atomic E-state index is -0.0505. The molecule has 2 saturated heterocycles. The molecular weight excluding hydrogens is 539 g/mol. The third-order valence-electron chi connectivity index (χ3n) is 6.24. The maximum absolute atomic E-state index is 12.5. The third kappa shape index (κ3) is 7.56. The van der Waals surface area contributed by atoms with Crippen LogP contribution in [-0.2, 0) is 11.3 Å². The number of ether oxygens (including phenoxy) is 1. The number of nitrogens with one attached hydrogen (secondary N) is 2. The van der Waals surface area contributed by atoms with Gasteiger partial charge in [-0.15, -0.1) is 24.0 Å². The Morgan fingerprint density at radius 2 is 1.91 bits per heavy atom. The van der Waals surface area contributed by atoms with Gasteiger partial charge < -0.3 is 20.3 Å². The molecule has 2 heterocycles. The zero-order chi connectivity index (χ0) is 22.9. The van der Waals surface area contributed by atoms with Crippen LogP contribution >= 0.6 is 24.0 Å². The van der Waals surface area contributed by atoms with Crippen molar-refractivity contribution in [3.63, 3.8) is 0 Å². The van der Waals surface area contributed by atoms with Crippen molar-refractivity contribution in [3.05, 3.63) is 76.9 Å². The average molecular weight is 575 g/mol. The molecule has 2 N–H and O–H groups in total. The van der Waals surface area contributed by atoms with Crippen LogP contribution < -0.4 is 10.6 Å². The predicted molar refractivity (Wildman–Crippen MR) is 149 cm³/mol.